The van der Waals surface area contributed by atoms with E-state index in [2.05, 4.69) is 25.1 Å². The third-order valence-corrected chi connectivity index (χ3v) is 6.09. The van der Waals surface area contributed by atoms with E-state index in [0.717, 1.165) is 11.8 Å². The first kappa shape index (κ1) is 23.4. The summed E-state index contributed by atoms with van der Waals surface area (Å²) in [5.74, 6) is -2.13. The highest BCUT2D eigenvalue weighted by Crippen LogP contribution is 2.28. The maximum absolute atomic E-state index is 14.7. The molecule has 3 aromatic heterocycles. The van der Waals surface area contributed by atoms with Crippen LogP contribution in [0.1, 0.15) is 15.9 Å². The van der Waals surface area contributed by atoms with Crippen LogP contribution in [-0.4, -0.2) is 72.6 Å². The molecule has 1 amide bonds. The predicted molar refractivity (Wildman–Crippen MR) is 129 cm³/mol. The molecule has 0 atom stereocenters. The van der Waals surface area contributed by atoms with Gasteiger partial charge in [-0.3, -0.25) is 9.59 Å². The minimum absolute atomic E-state index is 0.0480. The van der Waals surface area contributed by atoms with Crippen LogP contribution in [0.5, 0.6) is 0 Å². The fourth-order valence-corrected chi connectivity index (χ4v) is 4.36. The first-order valence-corrected chi connectivity index (χ1v) is 11.2. The van der Waals surface area contributed by atoms with Gasteiger partial charge in [-0.05, 0) is 5.56 Å². The summed E-state index contributed by atoms with van der Waals surface area (Å²) in [4.78, 5) is 39.8. The summed E-state index contributed by atoms with van der Waals surface area (Å²) in [6, 6.07) is 11.0. The number of aromatic amines is 1. The smallest absolute Gasteiger partial charge is 0.295 e. The number of carbonyl (C=O) groups excluding carboxylic acids is 2. The Morgan fingerprint density at radius 3 is 2.51 bits per heavy atom. The average Bonchev–Trinajstić information content (AvgIpc) is 3.63. The summed E-state index contributed by atoms with van der Waals surface area (Å²) in [7, 11) is 0. The number of aromatic nitrogens is 5. The second-order valence-electron chi connectivity index (χ2n) is 8.12. The lowest BCUT2D eigenvalue weighted by atomic mass is 10.1. The summed E-state index contributed by atoms with van der Waals surface area (Å²) in [5.41, 5.74) is 1.27. The number of piperazine rings is 1. The Bertz CT molecular complexity index is 1590. The van der Waals surface area contributed by atoms with E-state index in [4.69, 9.17) is 6.57 Å². The minimum Gasteiger partial charge on any atom is -0.376 e. The van der Waals surface area contributed by atoms with Gasteiger partial charge in [0.25, 0.3) is 17.4 Å². The highest BCUT2D eigenvalue weighted by atomic mass is 19.1. The van der Waals surface area contributed by atoms with E-state index in [0.29, 0.717) is 18.8 Å². The molecule has 5 rings (SSSR count). The number of H-pyrrole nitrogens is 1. The number of hydrogen-bond donors (Lipinski definition) is 1. The average molecular weight is 495 g/mol. The molecule has 0 aliphatic carbocycles. The van der Waals surface area contributed by atoms with Gasteiger partial charge in [-0.25, -0.2) is 24.2 Å². The van der Waals surface area contributed by atoms with Crippen molar-refractivity contribution in [2.24, 2.45) is 0 Å². The molecule has 1 aromatic carbocycles. The molecule has 1 saturated heterocycles. The van der Waals surface area contributed by atoms with Gasteiger partial charge < -0.3 is 14.8 Å². The van der Waals surface area contributed by atoms with Gasteiger partial charge in [-0.1, -0.05) is 35.5 Å². The largest absolute Gasteiger partial charge is 0.376 e. The molecule has 1 N–H and O–H groups in total. The van der Waals surface area contributed by atoms with Crippen LogP contribution in [0.3, 0.4) is 0 Å². The number of nitrogens with one attached hydrogen (secondary N) is 1. The zero-order valence-corrected chi connectivity index (χ0v) is 19.3. The Morgan fingerprint density at radius 1 is 1.14 bits per heavy atom. The molecule has 11 nitrogen and oxygen atoms in total. The lowest BCUT2D eigenvalue weighted by Gasteiger charge is -2.37. The van der Waals surface area contributed by atoms with Gasteiger partial charge in [0.1, 0.15) is 0 Å². The van der Waals surface area contributed by atoms with Gasteiger partial charge in [0, 0.05) is 32.4 Å². The van der Waals surface area contributed by atoms with Crippen molar-refractivity contribution in [1.29, 1.82) is 5.26 Å². The number of rotatable bonds is 5. The summed E-state index contributed by atoms with van der Waals surface area (Å²) in [5, 5.41) is 17.0. The van der Waals surface area contributed by atoms with Gasteiger partial charge >= 0.3 is 0 Å². The number of pyridine rings is 1. The summed E-state index contributed by atoms with van der Waals surface area (Å²) >= 11 is 0. The molecule has 12 heteroatoms. The molecule has 1 aliphatic rings. The van der Waals surface area contributed by atoms with Crippen LogP contribution in [0.4, 0.5) is 4.39 Å². The quantitative estimate of drug-likeness (QED) is 0.195. The van der Waals surface area contributed by atoms with Crippen LogP contribution in [0.15, 0.2) is 60.8 Å². The number of nitrogens with zero attached hydrogens (tertiary/aromatic N) is 8. The van der Waals surface area contributed by atoms with E-state index >= 15 is 0 Å². The molecule has 4 heterocycles. The third kappa shape index (κ3) is 4.17. The number of carbonyl (C=O) groups is 2. The van der Waals surface area contributed by atoms with Crippen LogP contribution in [0, 0.1) is 23.7 Å². The molecule has 182 valence electrons. The number of benzene rings is 1. The van der Waals surface area contributed by atoms with E-state index < -0.39 is 17.5 Å². The van der Waals surface area contributed by atoms with E-state index in [9.17, 15) is 19.2 Å². The van der Waals surface area contributed by atoms with E-state index in [1.165, 1.54) is 28.2 Å². The fraction of sp³-hybridized carbons (Fsp3) is 0.160. The molecule has 4 aromatic rings. The van der Waals surface area contributed by atoms with Gasteiger partial charge in [-0.15, -0.1) is 5.10 Å². The van der Waals surface area contributed by atoms with Crippen molar-refractivity contribution in [1.82, 2.24) is 34.8 Å². The molecule has 1 fully saturated rings. The lowest BCUT2D eigenvalue weighted by Crippen LogP contribution is -2.50. The Labute approximate surface area is 209 Å². The Kier molecular flexibility index (Phi) is 6.14. The first-order chi connectivity index (χ1) is 18.0. The molecule has 0 spiro atoms. The molecule has 0 bridgehead atoms. The standard InChI is InChI=1S/C25H18FN9O2/c1-28-19(13-27)22(16-5-3-2-4-6-16)33-9-11-34(12-10-33)25(37)23(36)17-14-29-21-20(17)18(26)15-30-24(21)35-8-7-31-32-35/h2-8,14-15,29H,9-12H2/b22-19-. The highest BCUT2D eigenvalue weighted by Gasteiger charge is 2.31. The normalized spacial score (nSPS) is 14.1. The molecule has 1 aliphatic heterocycles. The van der Waals surface area contributed by atoms with Crippen LogP contribution >= 0.6 is 0 Å². The van der Waals surface area contributed by atoms with E-state index in [1.807, 2.05) is 41.3 Å². The number of halogens is 1. The number of ketones is 1. The second kappa shape index (κ2) is 9.71. The molecule has 37 heavy (non-hydrogen) atoms. The van der Waals surface area contributed by atoms with Crippen molar-refractivity contribution in [2.75, 3.05) is 26.2 Å². The van der Waals surface area contributed by atoms with Crippen molar-refractivity contribution in [2.45, 2.75) is 0 Å². The van der Waals surface area contributed by atoms with Crippen LogP contribution in [0.2, 0.25) is 0 Å². The molecular weight excluding hydrogens is 477 g/mol. The maximum Gasteiger partial charge on any atom is 0.295 e. The minimum atomic E-state index is -0.855. The number of Topliss-reactive ketones (excluding diaryl/α,β-unsaturated/α-hetero) is 1. The number of allylic oxidation sites excluding steroid dienone is 1. The summed E-state index contributed by atoms with van der Waals surface area (Å²) in [6.45, 7) is 8.41. The highest BCUT2D eigenvalue weighted by molar-refractivity contribution is 6.45. The monoisotopic (exact) mass is 495 g/mol. The molecule has 0 saturated carbocycles. The van der Waals surface area contributed by atoms with Crippen molar-refractivity contribution in [3.05, 3.63) is 89.2 Å². The molecule has 0 unspecified atom stereocenters. The van der Waals surface area contributed by atoms with Crippen molar-refractivity contribution < 1.29 is 14.0 Å². The van der Waals surface area contributed by atoms with Crippen LogP contribution < -0.4 is 0 Å². The number of hydrogen-bond acceptors (Lipinski definition) is 7. The first-order valence-electron chi connectivity index (χ1n) is 11.2. The van der Waals surface area contributed by atoms with Crippen LogP contribution in [-0.2, 0) is 4.79 Å². The number of amides is 1. The van der Waals surface area contributed by atoms with Crippen molar-refractivity contribution >= 4 is 28.3 Å². The molecule has 0 radical (unpaired) electrons. The SMILES string of the molecule is [C-]#[N+]/C(C#N)=C(/c1ccccc1)N1CCN(C(=O)C(=O)c2c[nH]c3c(-n4ccnn4)ncc(F)c23)CC1. The number of nitriles is 1. The van der Waals surface area contributed by atoms with Gasteiger partial charge in [0.2, 0.25) is 0 Å². The zero-order chi connectivity index (χ0) is 25.9. The molecular formula is C25H18FN9O2. The summed E-state index contributed by atoms with van der Waals surface area (Å²) in [6.07, 6.45) is 5.22. The van der Waals surface area contributed by atoms with Crippen molar-refractivity contribution in [3.8, 4) is 11.9 Å². The topological polar surface area (TPSA) is 128 Å². The van der Waals surface area contributed by atoms with Gasteiger partial charge in [0.05, 0.1) is 53.4 Å². The third-order valence-electron chi connectivity index (χ3n) is 6.09. The summed E-state index contributed by atoms with van der Waals surface area (Å²) < 4.78 is 16.1. The van der Waals surface area contributed by atoms with E-state index in [-0.39, 0.29) is 41.1 Å². The zero-order valence-electron chi connectivity index (χ0n) is 19.3. The van der Waals surface area contributed by atoms with Crippen LogP contribution in [0.25, 0.3) is 27.3 Å². The Hall–Kier alpha value is -5.36. The van der Waals surface area contributed by atoms with Gasteiger partial charge in [-0.2, -0.15) is 0 Å². The maximum atomic E-state index is 14.7. The van der Waals surface area contributed by atoms with Gasteiger partial charge in [0.15, 0.2) is 11.6 Å². The Morgan fingerprint density at radius 2 is 1.86 bits per heavy atom. The van der Waals surface area contributed by atoms with E-state index in [1.54, 1.807) is 0 Å². The Balaban J connectivity index is 1.38. The lowest BCUT2D eigenvalue weighted by molar-refractivity contribution is -0.127. The number of fused-ring (bicyclic) bond motifs is 1. The van der Waals surface area contributed by atoms with Crippen molar-refractivity contribution in [3.63, 3.8) is 0 Å². The predicted octanol–water partition coefficient (Wildman–Crippen LogP) is 2.42. The second-order valence-corrected chi connectivity index (χ2v) is 8.12. The fourth-order valence-electron chi connectivity index (χ4n) is 4.36.